The molecule has 5 nitrogen and oxygen atoms in total. The van der Waals surface area contributed by atoms with Gasteiger partial charge in [0.05, 0.1) is 35.6 Å². The Hall–Kier alpha value is -1.24. The monoisotopic (exact) mass is 324 g/mol. The second-order valence-corrected chi connectivity index (χ2v) is 5.16. The van der Waals surface area contributed by atoms with Crippen LogP contribution in [-0.2, 0) is 11.3 Å². The molecule has 19 heavy (non-hydrogen) atoms. The Morgan fingerprint density at radius 3 is 2.95 bits per heavy atom. The maximum Gasteiger partial charge on any atom is 0.0740 e. The first-order chi connectivity index (χ1) is 9.15. The molecular formula is C13H17BrN4O. The van der Waals surface area contributed by atoms with Gasteiger partial charge in [-0.2, -0.15) is 5.10 Å². The summed E-state index contributed by atoms with van der Waals surface area (Å²) >= 11 is 3.51. The van der Waals surface area contributed by atoms with Crippen molar-refractivity contribution in [3.8, 4) is 0 Å². The van der Waals surface area contributed by atoms with Crippen molar-refractivity contribution < 1.29 is 4.74 Å². The molecule has 2 aromatic rings. The Balaban J connectivity index is 2.35. The van der Waals surface area contributed by atoms with Crippen LogP contribution in [0.2, 0.25) is 0 Å². The predicted octanol–water partition coefficient (Wildman–Crippen LogP) is 2.04. The highest BCUT2D eigenvalue weighted by molar-refractivity contribution is 9.10. The molecule has 0 aliphatic carbocycles. The van der Waals surface area contributed by atoms with Crippen molar-refractivity contribution in [1.29, 1.82) is 0 Å². The van der Waals surface area contributed by atoms with E-state index in [9.17, 15) is 0 Å². The first-order valence-electron chi connectivity index (χ1n) is 6.01. The van der Waals surface area contributed by atoms with Crippen LogP contribution >= 0.6 is 15.9 Å². The van der Waals surface area contributed by atoms with E-state index in [1.165, 1.54) is 0 Å². The van der Waals surface area contributed by atoms with Gasteiger partial charge in [0.1, 0.15) is 0 Å². The predicted molar refractivity (Wildman–Crippen MR) is 76.8 cm³/mol. The average molecular weight is 325 g/mol. The Morgan fingerprint density at radius 1 is 1.47 bits per heavy atom. The minimum Gasteiger partial charge on any atom is -0.383 e. The molecule has 6 heteroatoms. The van der Waals surface area contributed by atoms with E-state index in [2.05, 4.69) is 26.0 Å². The van der Waals surface area contributed by atoms with Crippen molar-refractivity contribution in [3.63, 3.8) is 0 Å². The van der Waals surface area contributed by atoms with Gasteiger partial charge in [-0.3, -0.25) is 9.67 Å². The summed E-state index contributed by atoms with van der Waals surface area (Å²) in [5, 5.41) is 4.32. The third-order valence-corrected chi connectivity index (χ3v) is 3.64. The fourth-order valence-electron chi connectivity index (χ4n) is 2.02. The van der Waals surface area contributed by atoms with Gasteiger partial charge in [-0.05, 0) is 40.0 Å². The maximum atomic E-state index is 6.38. The number of rotatable bonds is 5. The van der Waals surface area contributed by atoms with Crippen LogP contribution in [0.4, 0.5) is 0 Å². The molecule has 0 aliphatic rings. The topological polar surface area (TPSA) is 66.0 Å². The molecule has 1 atom stereocenters. The zero-order chi connectivity index (χ0) is 13.8. The van der Waals surface area contributed by atoms with Crippen LogP contribution in [0.15, 0.2) is 29.1 Å². The van der Waals surface area contributed by atoms with Crippen LogP contribution in [0, 0.1) is 6.92 Å². The number of hydrogen-bond acceptors (Lipinski definition) is 4. The minimum atomic E-state index is -0.239. The molecule has 0 amide bonds. The smallest absolute Gasteiger partial charge is 0.0740 e. The summed E-state index contributed by atoms with van der Waals surface area (Å²) in [7, 11) is 1.67. The second-order valence-electron chi connectivity index (χ2n) is 4.30. The highest BCUT2D eigenvalue weighted by Crippen LogP contribution is 2.28. The standard InChI is InChI=1S/C13H17BrN4O/c1-9-7-16-4-3-10(9)12(15)13-11(14)8-17-18(13)5-6-19-2/h3-4,7-8,12H,5-6,15H2,1-2H3. The third-order valence-electron chi connectivity index (χ3n) is 3.03. The molecule has 0 aliphatic heterocycles. The fourth-order valence-corrected chi connectivity index (χ4v) is 2.56. The first-order valence-corrected chi connectivity index (χ1v) is 6.80. The Labute approximate surface area is 120 Å². The molecule has 0 spiro atoms. The molecule has 0 bridgehead atoms. The summed E-state index contributed by atoms with van der Waals surface area (Å²) in [6.45, 7) is 3.28. The molecule has 0 saturated carbocycles. The van der Waals surface area contributed by atoms with E-state index in [-0.39, 0.29) is 6.04 Å². The third kappa shape index (κ3) is 3.02. The van der Waals surface area contributed by atoms with Gasteiger partial charge in [-0.1, -0.05) is 0 Å². The largest absolute Gasteiger partial charge is 0.383 e. The van der Waals surface area contributed by atoms with E-state index in [1.807, 2.05) is 23.9 Å². The number of nitrogens with zero attached hydrogens (tertiary/aromatic N) is 3. The number of aryl methyl sites for hydroxylation is 1. The van der Waals surface area contributed by atoms with Gasteiger partial charge in [-0.15, -0.1) is 0 Å². The summed E-state index contributed by atoms with van der Waals surface area (Å²) in [6, 6.07) is 1.71. The minimum absolute atomic E-state index is 0.239. The highest BCUT2D eigenvalue weighted by Gasteiger charge is 2.19. The highest BCUT2D eigenvalue weighted by atomic mass is 79.9. The molecule has 2 heterocycles. The van der Waals surface area contributed by atoms with Crippen LogP contribution < -0.4 is 5.73 Å². The van der Waals surface area contributed by atoms with Gasteiger partial charge in [-0.25, -0.2) is 0 Å². The number of hydrogen-bond donors (Lipinski definition) is 1. The van der Waals surface area contributed by atoms with E-state index in [0.29, 0.717) is 13.2 Å². The summed E-state index contributed by atoms with van der Waals surface area (Å²) in [5.74, 6) is 0. The van der Waals surface area contributed by atoms with Gasteiger partial charge in [0.25, 0.3) is 0 Å². The zero-order valence-electron chi connectivity index (χ0n) is 11.0. The van der Waals surface area contributed by atoms with Gasteiger partial charge in [0, 0.05) is 19.5 Å². The van der Waals surface area contributed by atoms with Crippen molar-refractivity contribution in [3.05, 3.63) is 46.0 Å². The second kappa shape index (κ2) is 6.27. The molecule has 1 unspecified atom stereocenters. The molecule has 0 fully saturated rings. The quantitative estimate of drug-likeness (QED) is 0.914. The number of aromatic nitrogens is 3. The average Bonchev–Trinajstić information content (AvgIpc) is 2.77. The summed E-state index contributed by atoms with van der Waals surface area (Å²) < 4.78 is 7.87. The molecule has 2 rings (SSSR count). The molecular weight excluding hydrogens is 308 g/mol. The van der Waals surface area contributed by atoms with E-state index in [0.717, 1.165) is 21.3 Å². The summed E-state index contributed by atoms with van der Waals surface area (Å²) in [5.41, 5.74) is 9.45. The van der Waals surface area contributed by atoms with Crippen molar-refractivity contribution in [2.75, 3.05) is 13.7 Å². The Morgan fingerprint density at radius 2 is 2.26 bits per heavy atom. The summed E-state index contributed by atoms with van der Waals surface area (Å²) in [4.78, 5) is 4.09. The number of pyridine rings is 1. The van der Waals surface area contributed by atoms with Crippen molar-refractivity contribution in [1.82, 2.24) is 14.8 Å². The number of ether oxygens (including phenoxy) is 1. The maximum absolute atomic E-state index is 6.38. The van der Waals surface area contributed by atoms with Gasteiger partial charge >= 0.3 is 0 Å². The lowest BCUT2D eigenvalue weighted by Gasteiger charge is -2.17. The zero-order valence-corrected chi connectivity index (χ0v) is 12.6. The molecule has 2 N–H and O–H groups in total. The van der Waals surface area contributed by atoms with E-state index in [4.69, 9.17) is 10.5 Å². The van der Waals surface area contributed by atoms with Crippen molar-refractivity contribution >= 4 is 15.9 Å². The fraction of sp³-hybridized carbons (Fsp3) is 0.385. The summed E-state index contributed by atoms with van der Waals surface area (Å²) in [6.07, 6.45) is 5.34. The molecule has 0 aromatic carbocycles. The van der Waals surface area contributed by atoms with E-state index in [1.54, 1.807) is 19.5 Å². The van der Waals surface area contributed by atoms with Gasteiger partial charge < -0.3 is 10.5 Å². The Kier molecular flexibility index (Phi) is 4.68. The number of methoxy groups -OCH3 is 1. The molecule has 0 saturated heterocycles. The lowest BCUT2D eigenvalue weighted by Crippen LogP contribution is -2.20. The van der Waals surface area contributed by atoms with E-state index < -0.39 is 0 Å². The molecule has 2 aromatic heterocycles. The van der Waals surface area contributed by atoms with Crippen LogP contribution in [0.5, 0.6) is 0 Å². The van der Waals surface area contributed by atoms with Gasteiger partial charge in [0.2, 0.25) is 0 Å². The first kappa shape index (κ1) is 14.2. The van der Waals surface area contributed by atoms with Crippen LogP contribution in [0.1, 0.15) is 22.9 Å². The number of halogens is 1. The number of nitrogens with two attached hydrogens (primary N) is 1. The lowest BCUT2D eigenvalue weighted by molar-refractivity contribution is 0.182. The van der Waals surface area contributed by atoms with Crippen LogP contribution in [-0.4, -0.2) is 28.5 Å². The molecule has 102 valence electrons. The van der Waals surface area contributed by atoms with E-state index >= 15 is 0 Å². The van der Waals surface area contributed by atoms with Crippen LogP contribution in [0.25, 0.3) is 0 Å². The van der Waals surface area contributed by atoms with Crippen LogP contribution in [0.3, 0.4) is 0 Å². The normalized spacial score (nSPS) is 12.6. The Bertz CT molecular complexity index is 555. The van der Waals surface area contributed by atoms with Crippen molar-refractivity contribution in [2.45, 2.75) is 19.5 Å². The SMILES string of the molecule is COCCn1ncc(Br)c1C(N)c1ccncc1C. The lowest BCUT2D eigenvalue weighted by atomic mass is 10.0. The van der Waals surface area contributed by atoms with Gasteiger partial charge in [0.15, 0.2) is 0 Å². The molecule has 0 radical (unpaired) electrons. The van der Waals surface area contributed by atoms with Crippen molar-refractivity contribution in [2.24, 2.45) is 5.73 Å².